The van der Waals surface area contributed by atoms with Crippen molar-refractivity contribution in [3.63, 3.8) is 0 Å². The van der Waals surface area contributed by atoms with E-state index in [0.29, 0.717) is 23.8 Å². The van der Waals surface area contributed by atoms with Crippen LogP contribution in [0.1, 0.15) is 25.3 Å². The first-order valence-corrected chi connectivity index (χ1v) is 6.37. The predicted molar refractivity (Wildman–Crippen MR) is 70.0 cm³/mol. The number of carbonyl (C=O) groups is 1. The van der Waals surface area contributed by atoms with Gasteiger partial charge < -0.3 is 10.6 Å². The second-order valence-corrected chi connectivity index (χ2v) is 4.99. The maximum absolute atomic E-state index is 13.4. The summed E-state index contributed by atoms with van der Waals surface area (Å²) in [7, 11) is 0. The maximum atomic E-state index is 13.4. The van der Waals surface area contributed by atoms with E-state index < -0.39 is 0 Å². The van der Waals surface area contributed by atoms with E-state index in [9.17, 15) is 9.18 Å². The first-order chi connectivity index (χ1) is 8.58. The second-order valence-electron chi connectivity index (χ2n) is 4.99. The predicted octanol–water partition coefficient (Wildman–Crippen LogP) is 2.46. The van der Waals surface area contributed by atoms with E-state index in [0.717, 1.165) is 12.8 Å². The molecule has 1 aliphatic rings. The van der Waals surface area contributed by atoms with Crippen LogP contribution in [0.15, 0.2) is 18.2 Å². The van der Waals surface area contributed by atoms with Gasteiger partial charge in [0.1, 0.15) is 5.82 Å². The summed E-state index contributed by atoms with van der Waals surface area (Å²) in [5.41, 5.74) is 1.06. The van der Waals surface area contributed by atoms with Gasteiger partial charge in [-0.1, -0.05) is 6.07 Å². The van der Waals surface area contributed by atoms with Crippen LogP contribution in [0.4, 0.5) is 10.1 Å². The van der Waals surface area contributed by atoms with E-state index in [1.54, 1.807) is 19.1 Å². The minimum atomic E-state index is -0.289. The summed E-state index contributed by atoms with van der Waals surface area (Å²) in [4.78, 5) is 12.1. The Kier molecular flexibility index (Phi) is 3.97. The van der Waals surface area contributed by atoms with E-state index in [1.807, 2.05) is 0 Å². The average molecular weight is 250 g/mol. The number of nitrogens with one attached hydrogen (secondary N) is 2. The third-order valence-corrected chi connectivity index (χ3v) is 3.56. The van der Waals surface area contributed by atoms with E-state index in [1.165, 1.54) is 6.07 Å². The zero-order valence-corrected chi connectivity index (χ0v) is 10.8. The Bertz CT molecular complexity index is 439. The van der Waals surface area contributed by atoms with Gasteiger partial charge in [-0.05, 0) is 38.8 Å². The number of benzene rings is 1. The molecule has 0 saturated carbocycles. The second kappa shape index (κ2) is 5.48. The molecule has 18 heavy (non-hydrogen) atoms. The van der Waals surface area contributed by atoms with Crippen LogP contribution < -0.4 is 10.6 Å². The third-order valence-electron chi connectivity index (χ3n) is 3.56. The van der Waals surface area contributed by atoms with Gasteiger partial charge in [0.25, 0.3) is 0 Å². The number of rotatable bonds is 2. The molecule has 4 heteroatoms. The minimum absolute atomic E-state index is 0.0242. The van der Waals surface area contributed by atoms with Crippen molar-refractivity contribution in [1.29, 1.82) is 0 Å². The lowest BCUT2D eigenvalue weighted by molar-refractivity contribution is -0.120. The van der Waals surface area contributed by atoms with Crippen molar-refractivity contribution in [3.8, 4) is 0 Å². The molecule has 98 valence electrons. The molecule has 3 nitrogen and oxygen atoms in total. The molecule has 0 spiro atoms. The molecule has 0 bridgehead atoms. The van der Waals surface area contributed by atoms with Crippen LogP contribution in [0.3, 0.4) is 0 Å². The molecule has 1 saturated heterocycles. The fourth-order valence-electron chi connectivity index (χ4n) is 2.20. The van der Waals surface area contributed by atoms with Gasteiger partial charge in [0, 0.05) is 23.8 Å². The topological polar surface area (TPSA) is 41.1 Å². The largest absolute Gasteiger partial charge is 0.325 e. The van der Waals surface area contributed by atoms with Crippen molar-refractivity contribution in [2.75, 3.05) is 11.9 Å². The highest BCUT2D eigenvalue weighted by Gasteiger charge is 2.24. The fourth-order valence-corrected chi connectivity index (χ4v) is 2.20. The first kappa shape index (κ1) is 13.0. The summed E-state index contributed by atoms with van der Waals surface area (Å²) in [5.74, 6) is -0.338. The smallest absolute Gasteiger partial charge is 0.228 e. The Labute approximate surface area is 107 Å². The van der Waals surface area contributed by atoms with Gasteiger partial charge in [0.15, 0.2) is 0 Å². The van der Waals surface area contributed by atoms with Crippen LogP contribution >= 0.6 is 0 Å². The highest BCUT2D eigenvalue weighted by Crippen LogP contribution is 2.20. The lowest BCUT2D eigenvalue weighted by Crippen LogP contribution is -2.41. The molecule has 2 N–H and O–H groups in total. The zero-order chi connectivity index (χ0) is 13.1. The van der Waals surface area contributed by atoms with Crippen LogP contribution in [-0.4, -0.2) is 18.5 Å². The molecule has 2 atom stereocenters. The quantitative estimate of drug-likeness (QED) is 0.846. The van der Waals surface area contributed by atoms with Gasteiger partial charge in [-0.15, -0.1) is 0 Å². The number of piperidine rings is 1. The van der Waals surface area contributed by atoms with Crippen molar-refractivity contribution < 1.29 is 9.18 Å². The van der Waals surface area contributed by atoms with Gasteiger partial charge in [0.2, 0.25) is 5.91 Å². The normalized spacial score (nSPS) is 23.7. The van der Waals surface area contributed by atoms with E-state index in [-0.39, 0.29) is 17.6 Å². The lowest BCUT2D eigenvalue weighted by Gasteiger charge is -2.27. The summed E-state index contributed by atoms with van der Waals surface area (Å²) in [6.45, 7) is 4.48. The number of halogens is 1. The molecule has 1 amide bonds. The minimum Gasteiger partial charge on any atom is -0.325 e. The number of anilines is 1. The van der Waals surface area contributed by atoms with Crippen LogP contribution in [0.25, 0.3) is 0 Å². The standard InChI is InChI=1S/C14H19FN2O/c1-9-6-7-11(8-16-9)14(18)17-13-5-3-4-12(15)10(13)2/h3-5,9,11,16H,6-8H2,1-2H3,(H,17,18). The monoisotopic (exact) mass is 250 g/mol. The summed E-state index contributed by atoms with van der Waals surface area (Å²) in [6.07, 6.45) is 1.88. The van der Waals surface area contributed by atoms with E-state index in [4.69, 9.17) is 0 Å². The van der Waals surface area contributed by atoms with E-state index in [2.05, 4.69) is 17.6 Å². The molecule has 1 aromatic rings. The number of carbonyl (C=O) groups excluding carboxylic acids is 1. The van der Waals surface area contributed by atoms with E-state index >= 15 is 0 Å². The van der Waals surface area contributed by atoms with Crippen molar-refractivity contribution >= 4 is 11.6 Å². The molecule has 0 aromatic heterocycles. The third kappa shape index (κ3) is 2.88. The van der Waals surface area contributed by atoms with Gasteiger partial charge in [-0.2, -0.15) is 0 Å². The fraction of sp³-hybridized carbons (Fsp3) is 0.500. The molecule has 2 rings (SSSR count). The Morgan fingerprint density at radius 3 is 2.89 bits per heavy atom. The average Bonchev–Trinajstić information content (AvgIpc) is 2.36. The van der Waals surface area contributed by atoms with Gasteiger partial charge in [-0.25, -0.2) is 4.39 Å². The Balaban J connectivity index is 2.01. The summed E-state index contributed by atoms with van der Waals surface area (Å²) in [6, 6.07) is 5.22. The summed E-state index contributed by atoms with van der Waals surface area (Å²) >= 11 is 0. The van der Waals surface area contributed by atoms with Crippen molar-refractivity contribution in [3.05, 3.63) is 29.6 Å². The summed E-state index contributed by atoms with van der Waals surface area (Å²) in [5, 5.41) is 6.11. The maximum Gasteiger partial charge on any atom is 0.228 e. The SMILES string of the molecule is Cc1c(F)cccc1NC(=O)C1CCC(C)NC1. The molecule has 1 heterocycles. The first-order valence-electron chi connectivity index (χ1n) is 6.37. The number of hydrogen-bond donors (Lipinski definition) is 2. The van der Waals surface area contributed by atoms with Crippen LogP contribution in [0.5, 0.6) is 0 Å². The Morgan fingerprint density at radius 2 is 2.22 bits per heavy atom. The van der Waals surface area contributed by atoms with Gasteiger partial charge >= 0.3 is 0 Å². The molecule has 1 fully saturated rings. The highest BCUT2D eigenvalue weighted by atomic mass is 19.1. The summed E-state index contributed by atoms with van der Waals surface area (Å²) < 4.78 is 13.4. The van der Waals surface area contributed by atoms with Crippen molar-refractivity contribution in [2.45, 2.75) is 32.7 Å². The molecule has 2 unspecified atom stereocenters. The van der Waals surface area contributed by atoms with Crippen LogP contribution in [0, 0.1) is 18.7 Å². The highest BCUT2D eigenvalue weighted by molar-refractivity contribution is 5.93. The lowest BCUT2D eigenvalue weighted by atomic mass is 9.94. The number of hydrogen-bond acceptors (Lipinski definition) is 2. The molecule has 0 aliphatic carbocycles. The zero-order valence-electron chi connectivity index (χ0n) is 10.8. The Morgan fingerprint density at radius 1 is 1.44 bits per heavy atom. The molecular formula is C14H19FN2O. The van der Waals surface area contributed by atoms with Crippen molar-refractivity contribution in [1.82, 2.24) is 5.32 Å². The van der Waals surface area contributed by atoms with Crippen molar-refractivity contribution in [2.24, 2.45) is 5.92 Å². The van der Waals surface area contributed by atoms with Crippen LogP contribution in [0.2, 0.25) is 0 Å². The molecule has 1 aliphatic heterocycles. The number of amides is 1. The van der Waals surface area contributed by atoms with Gasteiger partial charge in [0.05, 0.1) is 5.92 Å². The van der Waals surface area contributed by atoms with Crippen LogP contribution in [-0.2, 0) is 4.79 Å². The molecule has 0 radical (unpaired) electrons. The Hall–Kier alpha value is -1.42. The molecule has 1 aromatic carbocycles. The van der Waals surface area contributed by atoms with Gasteiger partial charge in [-0.3, -0.25) is 4.79 Å². The molecular weight excluding hydrogens is 231 g/mol.